The molecule has 0 amide bonds. The molecule has 4 heteroatoms. The quantitative estimate of drug-likeness (QED) is 0.110. The number of nitriles is 1. The molecule has 0 saturated carbocycles. The van der Waals surface area contributed by atoms with Crippen molar-refractivity contribution in [2.75, 3.05) is 12.4 Å². The Bertz CT molecular complexity index is 927. The molecular weight excluding hydrogens is 448 g/mol. The Balaban J connectivity index is 1.82. The minimum Gasteiger partial charge on any atom is -0.325 e. The van der Waals surface area contributed by atoms with Crippen molar-refractivity contribution in [2.45, 2.75) is 63.6 Å². The molecule has 3 aromatic carbocycles. The normalized spacial score (nSPS) is 12.7. The van der Waals surface area contributed by atoms with E-state index >= 15 is 0 Å². The first-order chi connectivity index (χ1) is 17.0. The van der Waals surface area contributed by atoms with Crippen molar-refractivity contribution in [3.05, 3.63) is 108 Å². The number of hydrogen-bond acceptors (Lipinski definition) is 4. The van der Waals surface area contributed by atoms with Crippen LogP contribution in [-0.2, 0) is 9.48 Å². The highest BCUT2D eigenvalue weighted by Gasteiger charge is 2.37. The van der Waals surface area contributed by atoms with Crippen molar-refractivity contribution in [3.63, 3.8) is 0 Å². The summed E-state index contributed by atoms with van der Waals surface area (Å²) in [7, 11) is 0. The molecule has 0 aliphatic carbocycles. The third-order valence-corrected chi connectivity index (χ3v) is 7.88. The van der Waals surface area contributed by atoms with E-state index in [0.717, 1.165) is 12.2 Å². The Kier molecular flexibility index (Phi) is 10.4. The fourth-order valence-corrected chi connectivity index (χ4v) is 6.34. The van der Waals surface area contributed by atoms with Crippen LogP contribution in [0.4, 0.5) is 0 Å². The first-order valence-corrected chi connectivity index (χ1v) is 13.6. The van der Waals surface area contributed by atoms with Gasteiger partial charge >= 0.3 is 0 Å². The van der Waals surface area contributed by atoms with E-state index in [0.29, 0.717) is 25.1 Å². The summed E-state index contributed by atoms with van der Waals surface area (Å²) in [5, 5.41) is 9.38. The van der Waals surface area contributed by atoms with Crippen molar-refractivity contribution in [3.8, 4) is 6.07 Å². The van der Waals surface area contributed by atoms with Gasteiger partial charge in [-0.1, -0.05) is 91.0 Å². The third kappa shape index (κ3) is 6.76. The molecule has 3 nitrogen and oxygen atoms in total. The lowest BCUT2D eigenvalue weighted by Gasteiger charge is -2.35. The molecule has 1 atom stereocenters. The Morgan fingerprint density at radius 1 is 0.771 bits per heavy atom. The first kappa shape index (κ1) is 27.0. The highest BCUT2D eigenvalue weighted by Crippen LogP contribution is 2.48. The molecule has 1 radical (unpaired) electrons. The topological polar surface area (TPSA) is 38.9 Å². The fraction of sp³-hybridized carbons (Fsp3) is 0.387. The maximum Gasteiger partial charge on any atom is 0.250 e. The minimum absolute atomic E-state index is 0.174. The van der Waals surface area contributed by atoms with Crippen molar-refractivity contribution in [1.29, 1.82) is 5.26 Å². The van der Waals surface area contributed by atoms with Gasteiger partial charge in [0.25, 0.3) is 0 Å². The Morgan fingerprint density at radius 3 is 1.57 bits per heavy atom. The molecule has 183 valence electrons. The predicted octanol–water partition coefficient (Wildman–Crippen LogP) is 7.32. The molecule has 3 aromatic rings. The molecule has 0 aliphatic rings. The zero-order chi connectivity index (χ0) is 25.1. The molecule has 35 heavy (non-hydrogen) atoms. The van der Waals surface area contributed by atoms with Gasteiger partial charge < -0.3 is 4.74 Å². The van der Waals surface area contributed by atoms with Gasteiger partial charge in [0.15, 0.2) is 0 Å². The Hall–Kier alpha value is -2.58. The largest absolute Gasteiger partial charge is 0.325 e. The van der Waals surface area contributed by atoms with E-state index in [4.69, 9.17) is 4.74 Å². The lowest BCUT2D eigenvalue weighted by atomic mass is 9.84. The number of hydrogen-bond donors (Lipinski definition) is 0. The molecule has 0 aliphatic heterocycles. The number of ether oxygens (including phenoxy) is 1. The average Bonchev–Trinajstić information content (AvgIpc) is 2.87. The third-order valence-electron chi connectivity index (χ3n) is 6.25. The number of nitrogens with zero attached hydrogens (tertiary/aromatic N) is 2. The van der Waals surface area contributed by atoms with E-state index in [1.807, 2.05) is 11.8 Å². The van der Waals surface area contributed by atoms with Crippen LogP contribution in [0, 0.1) is 11.3 Å². The van der Waals surface area contributed by atoms with E-state index < -0.39 is 0 Å². The van der Waals surface area contributed by atoms with Gasteiger partial charge in [-0.25, -0.2) is 0 Å². The number of benzene rings is 3. The van der Waals surface area contributed by atoms with Crippen LogP contribution in [0.15, 0.2) is 91.0 Å². The van der Waals surface area contributed by atoms with E-state index in [1.165, 1.54) is 16.7 Å². The maximum atomic E-state index is 9.38. The van der Waals surface area contributed by atoms with E-state index in [2.05, 4.69) is 130 Å². The molecular formula is C31H38N2OS+. The minimum atomic E-state index is -0.308. The molecule has 0 spiro atoms. The summed E-state index contributed by atoms with van der Waals surface area (Å²) in [6.07, 6.45) is 1.11. The van der Waals surface area contributed by atoms with Gasteiger partial charge in [0.2, 0.25) is 6.23 Å². The van der Waals surface area contributed by atoms with E-state index in [1.54, 1.807) is 0 Å². The van der Waals surface area contributed by atoms with Gasteiger partial charge in [0.1, 0.15) is 18.5 Å². The molecule has 0 aromatic heterocycles. The smallest absolute Gasteiger partial charge is 0.250 e. The molecule has 0 fully saturated rings. The van der Waals surface area contributed by atoms with Gasteiger partial charge in [-0.15, -0.1) is 16.7 Å². The molecule has 0 heterocycles. The monoisotopic (exact) mass is 486 g/mol. The second-order valence-electron chi connectivity index (χ2n) is 9.30. The second-order valence-corrected chi connectivity index (χ2v) is 10.6. The lowest BCUT2D eigenvalue weighted by molar-refractivity contribution is -0.0314. The van der Waals surface area contributed by atoms with Crippen molar-refractivity contribution < 1.29 is 4.74 Å². The van der Waals surface area contributed by atoms with Gasteiger partial charge in [-0.2, -0.15) is 5.26 Å². The van der Waals surface area contributed by atoms with Gasteiger partial charge in [-0.3, -0.25) is 0 Å². The molecule has 3 rings (SSSR count). The van der Waals surface area contributed by atoms with Crippen molar-refractivity contribution in [2.24, 2.45) is 0 Å². The fourth-order valence-electron chi connectivity index (χ4n) is 4.86. The summed E-state index contributed by atoms with van der Waals surface area (Å²) in [6, 6.07) is 35.3. The standard InChI is InChI=1S/C31H38N2OS/c1-25(2)33(26(3)4)30(21-22-32)34-23-14-24-35-31(27-15-8-5-9-16-27,28-17-10-6-11-18-28)29-19-12-7-13-20-29/h5-13,15-20,25-26,30H,14,21,23-24H2,1-4H3/q+1. The summed E-state index contributed by atoms with van der Waals surface area (Å²) >= 11 is 1.96. The Labute approximate surface area is 216 Å². The zero-order valence-electron chi connectivity index (χ0n) is 21.4. The van der Waals surface area contributed by atoms with Gasteiger partial charge in [0, 0.05) is 0 Å². The molecule has 0 bridgehead atoms. The van der Waals surface area contributed by atoms with Crippen LogP contribution in [0.25, 0.3) is 0 Å². The summed E-state index contributed by atoms with van der Waals surface area (Å²) in [5.74, 6) is 0.932. The van der Waals surface area contributed by atoms with Gasteiger partial charge in [0.05, 0.1) is 17.4 Å². The van der Waals surface area contributed by atoms with Crippen LogP contribution >= 0.6 is 11.8 Å². The van der Waals surface area contributed by atoms with Crippen LogP contribution in [0.3, 0.4) is 0 Å². The molecule has 0 saturated heterocycles. The predicted molar refractivity (Wildman–Crippen MR) is 149 cm³/mol. The van der Waals surface area contributed by atoms with E-state index in [9.17, 15) is 5.26 Å². The van der Waals surface area contributed by atoms with Crippen molar-refractivity contribution in [1.82, 2.24) is 4.90 Å². The highest BCUT2D eigenvalue weighted by atomic mass is 32.2. The first-order valence-electron chi connectivity index (χ1n) is 12.6. The highest BCUT2D eigenvalue weighted by molar-refractivity contribution is 8.00. The molecule has 1 unspecified atom stereocenters. The zero-order valence-corrected chi connectivity index (χ0v) is 22.2. The Morgan fingerprint density at radius 2 is 1.20 bits per heavy atom. The average molecular weight is 487 g/mol. The SMILES string of the molecule is CC(C)[N+](C(C)C)C(CC#N)OCCCSC(c1ccccc1)(c1ccccc1)c1ccccc1. The van der Waals surface area contributed by atoms with Crippen LogP contribution in [0.1, 0.15) is 57.2 Å². The molecule has 0 N–H and O–H groups in total. The van der Waals surface area contributed by atoms with Crippen LogP contribution < -0.4 is 4.90 Å². The number of rotatable bonds is 13. The van der Waals surface area contributed by atoms with Gasteiger partial charge in [-0.05, 0) is 56.6 Å². The lowest BCUT2D eigenvalue weighted by Crippen LogP contribution is -2.51. The van der Waals surface area contributed by atoms with E-state index in [-0.39, 0.29) is 11.0 Å². The van der Waals surface area contributed by atoms with Crippen LogP contribution in [-0.4, -0.2) is 30.7 Å². The second kappa shape index (κ2) is 13.5. The summed E-state index contributed by atoms with van der Waals surface area (Å²) < 4.78 is 5.98. The summed E-state index contributed by atoms with van der Waals surface area (Å²) in [6.45, 7) is 9.29. The number of thioether (sulfide) groups is 1. The maximum absolute atomic E-state index is 9.38. The van der Waals surface area contributed by atoms with Crippen molar-refractivity contribution >= 4 is 11.8 Å². The van der Waals surface area contributed by atoms with Crippen LogP contribution in [0.5, 0.6) is 0 Å². The van der Waals surface area contributed by atoms with Crippen LogP contribution in [0.2, 0.25) is 0 Å². The summed E-state index contributed by atoms with van der Waals surface area (Å²) in [5.41, 5.74) is 3.82. The summed E-state index contributed by atoms with van der Waals surface area (Å²) in [4.78, 5) is 2.29.